The lowest BCUT2D eigenvalue weighted by atomic mass is 10.1. The number of aryl methyl sites for hydroxylation is 1. The van der Waals surface area contributed by atoms with Gasteiger partial charge in [0.05, 0.1) is 10.3 Å². The molecule has 0 bridgehead atoms. The molecule has 0 aliphatic carbocycles. The van der Waals surface area contributed by atoms with Crippen molar-refractivity contribution in [3.63, 3.8) is 0 Å². The molecule has 3 heteroatoms. The van der Waals surface area contributed by atoms with Gasteiger partial charge in [0.25, 0.3) is 0 Å². The normalized spacial score (nSPS) is 10.0. The van der Waals surface area contributed by atoms with E-state index in [1.807, 2.05) is 18.4 Å². The standard InChI is InChI=1S/C11H7NOS/c1-7-6-14-11-9(4-12)2-8(5-13)3-10(7)11/h2-3,5-6H,1H3. The van der Waals surface area contributed by atoms with Crippen molar-refractivity contribution in [1.29, 1.82) is 5.26 Å². The molecule has 1 heterocycles. The molecule has 1 aromatic heterocycles. The molecule has 14 heavy (non-hydrogen) atoms. The number of fused-ring (bicyclic) bond motifs is 1. The summed E-state index contributed by atoms with van der Waals surface area (Å²) in [6.07, 6.45) is 0.775. The third-order valence-corrected chi connectivity index (χ3v) is 3.29. The van der Waals surface area contributed by atoms with Gasteiger partial charge in [-0.05, 0) is 35.4 Å². The minimum absolute atomic E-state index is 0.565. The molecule has 0 saturated heterocycles. The van der Waals surface area contributed by atoms with Crippen LogP contribution in [0.15, 0.2) is 17.5 Å². The molecule has 0 aliphatic rings. The van der Waals surface area contributed by atoms with Crippen LogP contribution < -0.4 is 0 Å². The van der Waals surface area contributed by atoms with E-state index in [9.17, 15) is 4.79 Å². The number of hydrogen-bond acceptors (Lipinski definition) is 3. The molecule has 2 rings (SSSR count). The molecule has 1 aromatic carbocycles. The summed E-state index contributed by atoms with van der Waals surface area (Å²) in [5.74, 6) is 0. The Balaban J connectivity index is 2.91. The summed E-state index contributed by atoms with van der Waals surface area (Å²) in [5.41, 5.74) is 2.27. The molecule has 0 N–H and O–H groups in total. The molecular formula is C11H7NOS. The number of carbonyl (C=O) groups excluding carboxylic acids is 1. The predicted octanol–water partition coefficient (Wildman–Crippen LogP) is 2.89. The fourth-order valence-electron chi connectivity index (χ4n) is 1.43. The number of carbonyl (C=O) groups is 1. The highest BCUT2D eigenvalue weighted by atomic mass is 32.1. The third kappa shape index (κ3) is 1.21. The minimum Gasteiger partial charge on any atom is -0.298 e. The SMILES string of the molecule is Cc1csc2c(C#N)cc(C=O)cc12. The molecule has 2 nitrogen and oxygen atoms in total. The molecule has 0 fully saturated rings. The largest absolute Gasteiger partial charge is 0.298 e. The maximum Gasteiger partial charge on any atom is 0.150 e. The van der Waals surface area contributed by atoms with Crippen LogP contribution >= 0.6 is 11.3 Å². The van der Waals surface area contributed by atoms with Crippen molar-refractivity contribution in [3.8, 4) is 6.07 Å². The van der Waals surface area contributed by atoms with Crippen molar-refractivity contribution >= 4 is 27.7 Å². The van der Waals surface area contributed by atoms with Crippen LogP contribution in [0.2, 0.25) is 0 Å². The van der Waals surface area contributed by atoms with E-state index < -0.39 is 0 Å². The Labute approximate surface area is 85.4 Å². The smallest absolute Gasteiger partial charge is 0.150 e. The van der Waals surface area contributed by atoms with Crippen LogP contribution in [0.1, 0.15) is 21.5 Å². The first-order chi connectivity index (χ1) is 6.76. The fourth-order valence-corrected chi connectivity index (χ4v) is 2.43. The maximum atomic E-state index is 10.6. The number of thiophene rings is 1. The highest BCUT2D eigenvalue weighted by molar-refractivity contribution is 7.17. The molecule has 0 amide bonds. The Morgan fingerprint density at radius 1 is 1.50 bits per heavy atom. The molecule has 0 saturated carbocycles. The second kappa shape index (κ2) is 3.24. The van der Waals surface area contributed by atoms with Crippen molar-refractivity contribution in [2.75, 3.05) is 0 Å². The minimum atomic E-state index is 0.565. The second-order valence-electron chi connectivity index (χ2n) is 3.09. The topological polar surface area (TPSA) is 40.9 Å². The van der Waals surface area contributed by atoms with Gasteiger partial charge in [-0.2, -0.15) is 5.26 Å². The first-order valence-corrected chi connectivity index (χ1v) is 5.01. The Bertz CT molecular complexity index is 548. The van der Waals surface area contributed by atoms with E-state index in [1.165, 1.54) is 0 Å². The van der Waals surface area contributed by atoms with Crippen molar-refractivity contribution in [2.24, 2.45) is 0 Å². The maximum absolute atomic E-state index is 10.6. The summed E-state index contributed by atoms with van der Waals surface area (Å²) in [6, 6.07) is 5.57. The summed E-state index contributed by atoms with van der Waals surface area (Å²) >= 11 is 1.55. The number of hydrogen-bond donors (Lipinski definition) is 0. The molecular weight excluding hydrogens is 194 g/mol. The number of rotatable bonds is 1. The van der Waals surface area contributed by atoms with Crippen molar-refractivity contribution in [1.82, 2.24) is 0 Å². The van der Waals surface area contributed by atoms with Gasteiger partial charge in [0.1, 0.15) is 12.4 Å². The number of nitrogens with zero attached hydrogens (tertiary/aromatic N) is 1. The van der Waals surface area contributed by atoms with Gasteiger partial charge in [-0.1, -0.05) is 0 Å². The molecule has 0 aliphatic heterocycles. The zero-order chi connectivity index (χ0) is 10.1. The van der Waals surface area contributed by atoms with Crippen LogP contribution in [-0.2, 0) is 0 Å². The van der Waals surface area contributed by atoms with Gasteiger partial charge in [-0.15, -0.1) is 11.3 Å². The highest BCUT2D eigenvalue weighted by Gasteiger charge is 2.07. The molecule has 0 atom stereocenters. The van der Waals surface area contributed by atoms with Gasteiger partial charge in [0, 0.05) is 5.56 Å². The predicted molar refractivity (Wildman–Crippen MR) is 56.7 cm³/mol. The van der Waals surface area contributed by atoms with E-state index >= 15 is 0 Å². The van der Waals surface area contributed by atoms with Crippen molar-refractivity contribution in [3.05, 3.63) is 34.2 Å². The van der Waals surface area contributed by atoms with Crippen LogP contribution in [0.25, 0.3) is 10.1 Å². The van der Waals surface area contributed by atoms with Gasteiger partial charge < -0.3 is 0 Å². The van der Waals surface area contributed by atoms with Crippen LogP contribution in [0, 0.1) is 18.3 Å². The quantitative estimate of drug-likeness (QED) is 0.665. The summed E-state index contributed by atoms with van der Waals surface area (Å²) in [4.78, 5) is 10.6. The summed E-state index contributed by atoms with van der Waals surface area (Å²) < 4.78 is 0.968. The Hall–Kier alpha value is -1.66. The monoisotopic (exact) mass is 201 g/mol. The van der Waals surface area contributed by atoms with Crippen molar-refractivity contribution < 1.29 is 4.79 Å². The third-order valence-electron chi connectivity index (χ3n) is 2.15. The van der Waals surface area contributed by atoms with E-state index in [0.29, 0.717) is 11.1 Å². The summed E-state index contributed by atoms with van der Waals surface area (Å²) in [5, 5.41) is 11.9. The van der Waals surface area contributed by atoms with Crippen LogP contribution in [0.4, 0.5) is 0 Å². The highest BCUT2D eigenvalue weighted by Crippen LogP contribution is 2.29. The molecule has 0 spiro atoms. The van der Waals surface area contributed by atoms with Gasteiger partial charge in [0.2, 0.25) is 0 Å². The zero-order valence-corrected chi connectivity index (χ0v) is 8.39. The summed E-state index contributed by atoms with van der Waals surface area (Å²) in [7, 11) is 0. The Morgan fingerprint density at radius 3 is 2.93 bits per heavy atom. The molecule has 0 unspecified atom stereocenters. The van der Waals surface area contributed by atoms with Gasteiger partial charge in [0.15, 0.2) is 0 Å². The average molecular weight is 201 g/mol. The lowest BCUT2D eigenvalue weighted by molar-refractivity contribution is 0.112. The Morgan fingerprint density at radius 2 is 2.29 bits per heavy atom. The molecule has 2 aromatic rings. The van der Waals surface area contributed by atoms with Crippen LogP contribution in [0.5, 0.6) is 0 Å². The van der Waals surface area contributed by atoms with Gasteiger partial charge >= 0.3 is 0 Å². The van der Waals surface area contributed by atoms with E-state index in [4.69, 9.17) is 5.26 Å². The zero-order valence-electron chi connectivity index (χ0n) is 7.57. The number of nitriles is 1. The number of benzene rings is 1. The lowest BCUT2D eigenvalue weighted by Gasteiger charge is -1.96. The van der Waals surface area contributed by atoms with E-state index in [2.05, 4.69) is 6.07 Å². The summed E-state index contributed by atoms with van der Waals surface area (Å²) in [6.45, 7) is 1.98. The Kier molecular flexibility index (Phi) is 2.06. The fraction of sp³-hybridized carbons (Fsp3) is 0.0909. The molecule has 68 valence electrons. The lowest BCUT2D eigenvalue weighted by Crippen LogP contribution is -1.83. The van der Waals surface area contributed by atoms with Gasteiger partial charge in [-0.25, -0.2) is 0 Å². The first kappa shape index (κ1) is 8.92. The van der Waals surface area contributed by atoms with E-state index in [1.54, 1.807) is 17.4 Å². The molecule has 0 radical (unpaired) electrons. The van der Waals surface area contributed by atoms with Gasteiger partial charge in [-0.3, -0.25) is 4.79 Å². The van der Waals surface area contributed by atoms with E-state index in [-0.39, 0.29) is 0 Å². The van der Waals surface area contributed by atoms with Crippen LogP contribution in [0.3, 0.4) is 0 Å². The second-order valence-corrected chi connectivity index (χ2v) is 3.97. The van der Waals surface area contributed by atoms with Crippen LogP contribution in [-0.4, -0.2) is 6.29 Å². The van der Waals surface area contributed by atoms with E-state index in [0.717, 1.165) is 21.9 Å². The first-order valence-electron chi connectivity index (χ1n) is 4.13. The average Bonchev–Trinajstić information content (AvgIpc) is 2.59. The number of aldehydes is 1. The van der Waals surface area contributed by atoms with Crippen molar-refractivity contribution in [2.45, 2.75) is 6.92 Å².